The second-order valence-electron chi connectivity index (χ2n) is 3.75. The van der Waals surface area contributed by atoms with Gasteiger partial charge in [-0.05, 0) is 17.7 Å². The third kappa shape index (κ3) is 5.56. The van der Waals surface area contributed by atoms with E-state index in [0.717, 1.165) is 10.0 Å². The van der Waals surface area contributed by atoms with Crippen molar-refractivity contribution in [1.82, 2.24) is 5.32 Å². The number of carboxylic acids is 1. The number of ether oxygens (including phenoxy) is 1. The lowest BCUT2D eigenvalue weighted by Gasteiger charge is -2.14. The standard InChI is InChI=1S/C13H14BrNO4/c1-2-7-19-13(18)15-11(12(16)17)8-9-3-5-10(14)6-4-9/h2-6,11H,1,7-8H2,(H,15,18)(H,16,17)/t11-/m1/s1. The number of aliphatic carboxylic acids is 1. The molecule has 1 amide bonds. The number of amides is 1. The Kier molecular flexibility index (Phi) is 6.08. The lowest BCUT2D eigenvalue weighted by atomic mass is 10.1. The smallest absolute Gasteiger partial charge is 0.408 e. The van der Waals surface area contributed by atoms with Crippen molar-refractivity contribution in [3.63, 3.8) is 0 Å². The number of hydrogen-bond donors (Lipinski definition) is 2. The van der Waals surface area contributed by atoms with E-state index in [2.05, 4.69) is 32.6 Å². The summed E-state index contributed by atoms with van der Waals surface area (Å²) in [6.45, 7) is 3.44. The summed E-state index contributed by atoms with van der Waals surface area (Å²) < 4.78 is 5.59. The summed E-state index contributed by atoms with van der Waals surface area (Å²) in [7, 11) is 0. The molecule has 0 heterocycles. The first kappa shape index (κ1) is 15.2. The summed E-state index contributed by atoms with van der Waals surface area (Å²) in [5.41, 5.74) is 0.805. The molecule has 0 bridgehead atoms. The van der Waals surface area contributed by atoms with E-state index in [1.165, 1.54) is 6.08 Å². The van der Waals surface area contributed by atoms with Crippen molar-refractivity contribution >= 4 is 28.0 Å². The number of carbonyl (C=O) groups is 2. The molecular weight excluding hydrogens is 314 g/mol. The Hall–Kier alpha value is -1.82. The minimum atomic E-state index is -1.11. The van der Waals surface area contributed by atoms with Gasteiger partial charge in [-0.25, -0.2) is 9.59 Å². The number of nitrogens with one attached hydrogen (secondary N) is 1. The molecule has 0 fully saturated rings. The van der Waals surface area contributed by atoms with E-state index in [9.17, 15) is 9.59 Å². The van der Waals surface area contributed by atoms with Crippen molar-refractivity contribution in [2.45, 2.75) is 12.5 Å². The van der Waals surface area contributed by atoms with E-state index < -0.39 is 18.1 Å². The van der Waals surface area contributed by atoms with Crippen molar-refractivity contribution < 1.29 is 19.4 Å². The van der Waals surface area contributed by atoms with E-state index >= 15 is 0 Å². The molecule has 0 saturated heterocycles. The summed E-state index contributed by atoms with van der Waals surface area (Å²) >= 11 is 3.29. The van der Waals surface area contributed by atoms with Crippen LogP contribution in [0.5, 0.6) is 0 Å². The van der Waals surface area contributed by atoms with Crippen LogP contribution in [0.25, 0.3) is 0 Å². The number of carbonyl (C=O) groups excluding carboxylic acids is 1. The van der Waals surface area contributed by atoms with Gasteiger partial charge >= 0.3 is 12.1 Å². The second kappa shape index (κ2) is 7.58. The van der Waals surface area contributed by atoms with Crippen LogP contribution in [0, 0.1) is 0 Å². The largest absolute Gasteiger partial charge is 0.480 e. The van der Waals surface area contributed by atoms with E-state index in [-0.39, 0.29) is 13.0 Å². The van der Waals surface area contributed by atoms with Gasteiger partial charge in [0, 0.05) is 10.9 Å². The summed E-state index contributed by atoms with van der Waals surface area (Å²) in [5, 5.41) is 11.4. The van der Waals surface area contributed by atoms with Gasteiger partial charge < -0.3 is 15.2 Å². The zero-order chi connectivity index (χ0) is 14.3. The van der Waals surface area contributed by atoms with E-state index in [0.29, 0.717) is 0 Å². The first-order valence-corrected chi connectivity index (χ1v) is 6.33. The van der Waals surface area contributed by atoms with Gasteiger partial charge in [0.25, 0.3) is 0 Å². The first-order valence-electron chi connectivity index (χ1n) is 5.54. The fraction of sp³-hybridized carbons (Fsp3) is 0.231. The summed E-state index contributed by atoms with van der Waals surface area (Å²) in [4.78, 5) is 22.4. The van der Waals surface area contributed by atoms with Crippen molar-refractivity contribution in [2.24, 2.45) is 0 Å². The molecule has 1 aromatic rings. The van der Waals surface area contributed by atoms with E-state index in [1.54, 1.807) is 12.1 Å². The monoisotopic (exact) mass is 327 g/mol. The van der Waals surface area contributed by atoms with Crippen LogP contribution in [0.2, 0.25) is 0 Å². The molecule has 0 spiro atoms. The third-order valence-corrected chi connectivity index (χ3v) is 2.80. The predicted molar refractivity (Wildman–Crippen MR) is 74.0 cm³/mol. The van der Waals surface area contributed by atoms with Gasteiger partial charge in [-0.15, -0.1) is 0 Å². The minimum Gasteiger partial charge on any atom is -0.480 e. The minimum absolute atomic E-state index is 0.0382. The van der Waals surface area contributed by atoms with Gasteiger partial charge in [0.1, 0.15) is 12.6 Å². The van der Waals surface area contributed by atoms with Crippen LogP contribution >= 0.6 is 15.9 Å². The third-order valence-electron chi connectivity index (χ3n) is 2.28. The maximum absolute atomic E-state index is 11.3. The van der Waals surface area contributed by atoms with Crippen LogP contribution in [0.3, 0.4) is 0 Å². The summed E-state index contributed by atoms with van der Waals surface area (Å²) in [5.74, 6) is -1.11. The summed E-state index contributed by atoms with van der Waals surface area (Å²) in [6.07, 6.45) is 0.819. The van der Waals surface area contributed by atoms with Crippen LogP contribution < -0.4 is 5.32 Å². The molecule has 0 aromatic heterocycles. The molecule has 102 valence electrons. The lowest BCUT2D eigenvalue weighted by Crippen LogP contribution is -2.42. The highest BCUT2D eigenvalue weighted by molar-refractivity contribution is 9.10. The molecule has 6 heteroatoms. The van der Waals surface area contributed by atoms with E-state index in [4.69, 9.17) is 5.11 Å². The highest BCUT2D eigenvalue weighted by Crippen LogP contribution is 2.12. The fourth-order valence-electron chi connectivity index (χ4n) is 1.37. The normalized spacial score (nSPS) is 11.4. The average molecular weight is 328 g/mol. The van der Waals surface area contributed by atoms with Crippen LogP contribution in [0.1, 0.15) is 5.56 Å². The number of hydrogen-bond acceptors (Lipinski definition) is 3. The Morgan fingerprint density at radius 2 is 2.05 bits per heavy atom. The molecule has 2 N–H and O–H groups in total. The first-order chi connectivity index (χ1) is 9.02. The molecule has 1 aromatic carbocycles. The van der Waals surface area contributed by atoms with Gasteiger partial charge in [0.2, 0.25) is 0 Å². The number of carboxylic acid groups (broad SMARTS) is 1. The average Bonchev–Trinajstić information content (AvgIpc) is 2.38. The predicted octanol–water partition coefficient (Wildman–Crippen LogP) is 2.36. The van der Waals surface area contributed by atoms with Crippen LogP contribution in [0.15, 0.2) is 41.4 Å². The molecule has 0 radical (unpaired) electrons. The highest BCUT2D eigenvalue weighted by Gasteiger charge is 2.20. The van der Waals surface area contributed by atoms with Crippen LogP contribution in [-0.4, -0.2) is 29.8 Å². The molecular formula is C13H14BrNO4. The zero-order valence-electron chi connectivity index (χ0n) is 10.1. The van der Waals surface area contributed by atoms with Gasteiger partial charge in [0.05, 0.1) is 0 Å². The van der Waals surface area contributed by atoms with Gasteiger partial charge in [-0.2, -0.15) is 0 Å². The lowest BCUT2D eigenvalue weighted by molar-refractivity contribution is -0.139. The Morgan fingerprint density at radius 1 is 1.42 bits per heavy atom. The number of rotatable bonds is 6. The maximum atomic E-state index is 11.3. The van der Waals surface area contributed by atoms with Crippen LogP contribution in [-0.2, 0) is 16.0 Å². The van der Waals surface area contributed by atoms with Gasteiger partial charge in [-0.3, -0.25) is 0 Å². The second-order valence-corrected chi connectivity index (χ2v) is 4.67. The number of alkyl carbamates (subject to hydrolysis) is 1. The molecule has 19 heavy (non-hydrogen) atoms. The van der Waals surface area contributed by atoms with Crippen molar-refractivity contribution in [3.8, 4) is 0 Å². The van der Waals surface area contributed by atoms with E-state index in [1.807, 2.05) is 12.1 Å². The molecule has 1 rings (SSSR count). The van der Waals surface area contributed by atoms with Gasteiger partial charge in [0.15, 0.2) is 0 Å². The molecule has 0 aliphatic rings. The fourth-order valence-corrected chi connectivity index (χ4v) is 1.64. The van der Waals surface area contributed by atoms with Crippen molar-refractivity contribution in [2.75, 3.05) is 6.61 Å². The molecule has 0 aliphatic heterocycles. The van der Waals surface area contributed by atoms with Crippen LogP contribution in [0.4, 0.5) is 4.79 Å². The van der Waals surface area contributed by atoms with Crippen molar-refractivity contribution in [1.29, 1.82) is 0 Å². The Balaban J connectivity index is 2.62. The molecule has 0 aliphatic carbocycles. The SMILES string of the molecule is C=CCOC(=O)N[C@H](Cc1ccc(Br)cc1)C(=O)O. The molecule has 0 unspecified atom stereocenters. The Labute approximate surface area is 119 Å². The quantitative estimate of drug-likeness (QED) is 0.786. The molecule has 1 atom stereocenters. The zero-order valence-corrected chi connectivity index (χ0v) is 11.7. The number of halogens is 1. The van der Waals surface area contributed by atoms with Crippen molar-refractivity contribution in [3.05, 3.63) is 47.0 Å². The molecule has 0 saturated carbocycles. The summed E-state index contributed by atoms with van der Waals surface area (Å²) in [6, 6.07) is 6.17. The topological polar surface area (TPSA) is 75.6 Å². The highest BCUT2D eigenvalue weighted by atomic mass is 79.9. The molecule has 5 nitrogen and oxygen atoms in total. The van der Waals surface area contributed by atoms with Gasteiger partial charge in [-0.1, -0.05) is 40.7 Å². The maximum Gasteiger partial charge on any atom is 0.408 e. The number of benzene rings is 1. The Morgan fingerprint density at radius 3 is 2.58 bits per heavy atom. The Bertz CT molecular complexity index is 458.